The number of nitrogens with one attached hydrogen (secondary N) is 1. The van der Waals surface area contributed by atoms with Gasteiger partial charge in [-0.2, -0.15) is 0 Å². The lowest BCUT2D eigenvalue weighted by atomic mass is 9.78. The Morgan fingerprint density at radius 3 is 2.92 bits per heavy atom. The van der Waals surface area contributed by atoms with Crippen LogP contribution in [-0.4, -0.2) is 66.4 Å². The number of hydrogen-bond acceptors (Lipinski definition) is 9. The van der Waals surface area contributed by atoms with Gasteiger partial charge in [0.25, 0.3) is 0 Å². The van der Waals surface area contributed by atoms with Crippen LogP contribution in [0.4, 0.5) is 11.8 Å². The van der Waals surface area contributed by atoms with Gasteiger partial charge in [0.1, 0.15) is 18.7 Å². The molecular weight excluding hydrogens is 338 g/mol. The maximum absolute atomic E-state index is 12.0. The van der Waals surface area contributed by atoms with E-state index in [1.807, 2.05) is 6.07 Å². The van der Waals surface area contributed by atoms with Crippen LogP contribution in [0.2, 0.25) is 0 Å². The second kappa shape index (κ2) is 6.83. The molecule has 2 aliphatic rings. The normalized spacial score (nSPS) is 25.1. The number of nitrogen functional groups attached to an aromatic ring is 1. The van der Waals surface area contributed by atoms with E-state index >= 15 is 0 Å². The number of aliphatic hydroxyl groups excluding tert-OH is 1. The van der Waals surface area contributed by atoms with Crippen LogP contribution >= 0.6 is 0 Å². The molecule has 2 aromatic rings. The van der Waals surface area contributed by atoms with Crippen LogP contribution in [-0.2, 0) is 11.3 Å². The van der Waals surface area contributed by atoms with E-state index < -0.39 is 0 Å². The van der Waals surface area contributed by atoms with Crippen molar-refractivity contribution < 1.29 is 9.90 Å². The number of amides is 1. The molecule has 0 bridgehead atoms. The third-order valence-corrected chi connectivity index (χ3v) is 4.94. The molecule has 0 unspecified atom stereocenters. The highest BCUT2D eigenvalue weighted by molar-refractivity contribution is 5.76. The molecule has 11 nitrogen and oxygen atoms in total. The van der Waals surface area contributed by atoms with Gasteiger partial charge in [-0.05, 0) is 29.7 Å². The lowest BCUT2D eigenvalue weighted by Crippen LogP contribution is -2.45. The average molecular weight is 359 g/mol. The minimum Gasteiger partial charge on any atom is -0.391 e. The van der Waals surface area contributed by atoms with Crippen molar-refractivity contribution >= 4 is 17.7 Å². The molecule has 1 aliphatic carbocycles. The average Bonchev–Trinajstić information content (AvgIpc) is 3.20. The predicted octanol–water partition coefficient (Wildman–Crippen LogP) is -1.32. The molecule has 138 valence electrons. The van der Waals surface area contributed by atoms with Crippen molar-refractivity contribution in [1.29, 1.82) is 0 Å². The molecule has 2 aromatic heterocycles. The number of anilines is 2. The Morgan fingerprint density at radius 2 is 2.23 bits per heavy atom. The fourth-order valence-electron chi connectivity index (χ4n) is 3.42. The van der Waals surface area contributed by atoms with Crippen LogP contribution in [0.5, 0.6) is 0 Å². The van der Waals surface area contributed by atoms with E-state index in [2.05, 4.69) is 35.7 Å². The van der Waals surface area contributed by atoms with Crippen molar-refractivity contribution in [3.8, 4) is 0 Å². The summed E-state index contributed by atoms with van der Waals surface area (Å²) >= 11 is 0. The number of carbonyl (C=O) groups excluding carboxylic acids is 1. The van der Waals surface area contributed by atoms with Crippen molar-refractivity contribution in [1.82, 2.24) is 35.5 Å². The molecule has 11 heteroatoms. The highest BCUT2D eigenvalue weighted by atomic mass is 16.3. The third kappa shape index (κ3) is 3.43. The molecule has 0 aromatic carbocycles. The summed E-state index contributed by atoms with van der Waals surface area (Å²) in [5, 5.41) is 23.2. The number of nitrogens with two attached hydrogens (primary N) is 1. The van der Waals surface area contributed by atoms with Gasteiger partial charge in [0, 0.05) is 36.8 Å². The highest BCUT2D eigenvalue weighted by Crippen LogP contribution is 2.36. The first-order valence-corrected chi connectivity index (χ1v) is 8.64. The monoisotopic (exact) mass is 359 g/mol. The molecule has 0 radical (unpaired) electrons. The number of tetrazole rings is 1. The molecule has 2 fully saturated rings. The van der Waals surface area contributed by atoms with E-state index in [4.69, 9.17) is 5.73 Å². The molecule has 1 saturated carbocycles. The fraction of sp³-hybridized carbons (Fsp3) is 0.600. The van der Waals surface area contributed by atoms with Crippen LogP contribution in [0.15, 0.2) is 12.4 Å². The van der Waals surface area contributed by atoms with Gasteiger partial charge in [-0.25, -0.2) is 14.6 Å². The Morgan fingerprint density at radius 1 is 1.38 bits per heavy atom. The van der Waals surface area contributed by atoms with Crippen molar-refractivity contribution in [2.75, 3.05) is 23.7 Å². The first-order chi connectivity index (χ1) is 12.6. The van der Waals surface area contributed by atoms with Crippen LogP contribution in [0.25, 0.3) is 0 Å². The summed E-state index contributed by atoms with van der Waals surface area (Å²) in [6.07, 6.45) is 3.71. The number of rotatable bonds is 5. The summed E-state index contributed by atoms with van der Waals surface area (Å²) in [5.41, 5.74) is 6.53. The topological polar surface area (TPSA) is 148 Å². The van der Waals surface area contributed by atoms with Gasteiger partial charge in [0.2, 0.25) is 11.9 Å². The predicted molar refractivity (Wildman–Crippen MR) is 91.0 cm³/mol. The summed E-state index contributed by atoms with van der Waals surface area (Å²) in [6, 6.07) is 2.10. The molecule has 1 amide bonds. The maximum Gasteiger partial charge on any atom is 0.242 e. The molecule has 26 heavy (non-hydrogen) atoms. The summed E-state index contributed by atoms with van der Waals surface area (Å²) in [7, 11) is 0. The van der Waals surface area contributed by atoms with Gasteiger partial charge in [-0.15, -0.1) is 0 Å². The number of carbonyl (C=O) groups is 1. The largest absolute Gasteiger partial charge is 0.391 e. The van der Waals surface area contributed by atoms with Crippen LogP contribution < -0.4 is 16.0 Å². The lowest BCUT2D eigenvalue weighted by Gasteiger charge is -2.35. The van der Waals surface area contributed by atoms with Crippen LogP contribution in [0, 0.1) is 0 Å². The van der Waals surface area contributed by atoms with E-state index in [1.165, 1.54) is 4.68 Å². The van der Waals surface area contributed by atoms with Crippen molar-refractivity contribution in [3.63, 3.8) is 0 Å². The van der Waals surface area contributed by atoms with Crippen molar-refractivity contribution in [2.45, 2.75) is 43.9 Å². The zero-order chi connectivity index (χ0) is 18.1. The van der Waals surface area contributed by atoms with Crippen LogP contribution in [0.3, 0.4) is 0 Å². The quantitative estimate of drug-likeness (QED) is 0.591. The van der Waals surface area contributed by atoms with E-state index in [0.29, 0.717) is 12.5 Å². The Bertz CT molecular complexity index is 789. The van der Waals surface area contributed by atoms with Gasteiger partial charge in [0.15, 0.2) is 0 Å². The zero-order valence-electron chi connectivity index (χ0n) is 14.2. The standard InChI is InChI=1S/C15H21N9O2/c16-15-20-21-22-24(15)7-14(26)19-10-3-9(4-10)12-5-13(18-8-17-12)23-2-1-11(25)6-23/h5,8-11,25H,1-4,6-7H2,(H,19,26)(H2,16,20,22)/t9?,10?,11-/m0/s1. The van der Waals surface area contributed by atoms with Crippen molar-refractivity contribution in [2.24, 2.45) is 0 Å². The Kier molecular flexibility index (Phi) is 4.37. The first kappa shape index (κ1) is 16.6. The summed E-state index contributed by atoms with van der Waals surface area (Å²) in [4.78, 5) is 22.8. The minimum atomic E-state index is -0.286. The first-order valence-electron chi connectivity index (χ1n) is 8.64. The Balaban J connectivity index is 1.29. The molecule has 4 N–H and O–H groups in total. The van der Waals surface area contributed by atoms with E-state index in [-0.39, 0.29) is 30.5 Å². The molecule has 0 spiro atoms. The Labute approximate surface area is 149 Å². The van der Waals surface area contributed by atoms with Gasteiger partial charge in [-0.1, -0.05) is 5.10 Å². The number of aliphatic hydroxyl groups is 1. The van der Waals surface area contributed by atoms with Gasteiger partial charge < -0.3 is 21.1 Å². The fourth-order valence-corrected chi connectivity index (χ4v) is 3.42. The molecule has 1 aliphatic heterocycles. The lowest BCUT2D eigenvalue weighted by molar-refractivity contribution is -0.123. The van der Waals surface area contributed by atoms with Crippen LogP contribution in [0.1, 0.15) is 30.9 Å². The summed E-state index contributed by atoms with van der Waals surface area (Å²) < 4.78 is 1.26. The summed E-state index contributed by atoms with van der Waals surface area (Å²) in [5.74, 6) is 1.11. The molecule has 1 saturated heterocycles. The van der Waals surface area contributed by atoms with E-state index in [0.717, 1.165) is 37.3 Å². The van der Waals surface area contributed by atoms with E-state index in [9.17, 15) is 9.90 Å². The van der Waals surface area contributed by atoms with Crippen molar-refractivity contribution in [3.05, 3.63) is 18.1 Å². The smallest absolute Gasteiger partial charge is 0.242 e. The molecular formula is C15H21N9O2. The molecule has 1 atom stereocenters. The van der Waals surface area contributed by atoms with Gasteiger partial charge in [-0.3, -0.25) is 4.79 Å². The third-order valence-electron chi connectivity index (χ3n) is 4.94. The van der Waals surface area contributed by atoms with Gasteiger partial charge in [0.05, 0.1) is 6.10 Å². The number of hydrogen-bond donors (Lipinski definition) is 3. The Hall–Kier alpha value is -2.82. The SMILES string of the molecule is Nc1nnnn1CC(=O)NC1CC(c2cc(N3CC[C@H](O)C3)ncn2)C1. The molecule has 4 rings (SSSR count). The second-order valence-electron chi connectivity index (χ2n) is 6.82. The highest BCUT2D eigenvalue weighted by Gasteiger charge is 2.33. The number of nitrogens with zero attached hydrogens (tertiary/aromatic N) is 7. The zero-order valence-corrected chi connectivity index (χ0v) is 14.2. The molecule has 3 heterocycles. The summed E-state index contributed by atoms with van der Waals surface area (Å²) in [6.45, 7) is 1.43. The maximum atomic E-state index is 12.0. The van der Waals surface area contributed by atoms with E-state index in [1.54, 1.807) is 6.33 Å². The number of β-amino-alcohol motifs (C(OH)–C–C–N with tert-alkyl or cyclic N) is 1. The second-order valence-corrected chi connectivity index (χ2v) is 6.82. The number of aromatic nitrogens is 6. The van der Waals surface area contributed by atoms with Gasteiger partial charge >= 0.3 is 0 Å². The minimum absolute atomic E-state index is 0.00887.